The molecule has 2 aromatic rings. The fourth-order valence-corrected chi connectivity index (χ4v) is 1.54. The van der Waals surface area contributed by atoms with Gasteiger partial charge in [0.15, 0.2) is 0 Å². The standard InChI is InChI=1S/C11H13FN2/c1-6(2)11-13-9-5-8(12)4-7(3)10(9)14-11/h4-6H,1-3H3,(H,13,14). The highest BCUT2D eigenvalue weighted by atomic mass is 19.1. The zero-order chi connectivity index (χ0) is 10.3. The van der Waals surface area contributed by atoms with Gasteiger partial charge in [-0.25, -0.2) is 9.37 Å². The monoisotopic (exact) mass is 192 g/mol. The van der Waals surface area contributed by atoms with Gasteiger partial charge in [0.25, 0.3) is 0 Å². The number of halogens is 1. The Morgan fingerprint density at radius 3 is 2.71 bits per heavy atom. The molecule has 1 N–H and O–H groups in total. The van der Waals surface area contributed by atoms with E-state index in [2.05, 4.69) is 23.8 Å². The maximum Gasteiger partial charge on any atom is 0.125 e. The van der Waals surface area contributed by atoms with Crippen LogP contribution in [-0.4, -0.2) is 9.97 Å². The second-order valence-corrected chi connectivity index (χ2v) is 3.89. The van der Waals surface area contributed by atoms with Gasteiger partial charge in [0.05, 0.1) is 11.0 Å². The van der Waals surface area contributed by atoms with Crippen molar-refractivity contribution in [3.8, 4) is 0 Å². The van der Waals surface area contributed by atoms with E-state index in [9.17, 15) is 4.39 Å². The second kappa shape index (κ2) is 3.08. The Morgan fingerprint density at radius 2 is 2.07 bits per heavy atom. The number of nitrogens with one attached hydrogen (secondary N) is 1. The van der Waals surface area contributed by atoms with E-state index in [0.29, 0.717) is 11.4 Å². The number of H-pyrrole nitrogens is 1. The zero-order valence-electron chi connectivity index (χ0n) is 8.56. The van der Waals surface area contributed by atoms with E-state index in [4.69, 9.17) is 0 Å². The van der Waals surface area contributed by atoms with E-state index < -0.39 is 0 Å². The lowest BCUT2D eigenvalue weighted by atomic mass is 10.2. The van der Waals surface area contributed by atoms with Crippen molar-refractivity contribution in [1.82, 2.24) is 9.97 Å². The van der Waals surface area contributed by atoms with Crippen LogP contribution < -0.4 is 0 Å². The Bertz CT molecular complexity index is 471. The lowest BCUT2D eigenvalue weighted by Gasteiger charge is -1.96. The number of fused-ring (bicyclic) bond motifs is 1. The first-order chi connectivity index (χ1) is 6.58. The zero-order valence-corrected chi connectivity index (χ0v) is 8.56. The Morgan fingerprint density at radius 1 is 1.36 bits per heavy atom. The van der Waals surface area contributed by atoms with Crippen LogP contribution in [-0.2, 0) is 0 Å². The van der Waals surface area contributed by atoms with Gasteiger partial charge in [-0.05, 0) is 18.6 Å². The van der Waals surface area contributed by atoms with Crippen LogP contribution in [0.5, 0.6) is 0 Å². The summed E-state index contributed by atoms with van der Waals surface area (Å²) in [6.07, 6.45) is 0. The number of imidazole rings is 1. The van der Waals surface area contributed by atoms with Crippen molar-refractivity contribution < 1.29 is 4.39 Å². The fraction of sp³-hybridized carbons (Fsp3) is 0.364. The van der Waals surface area contributed by atoms with E-state index in [1.807, 2.05) is 6.92 Å². The lowest BCUT2D eigenvalue weighted by molar-refractivity contribution is 0.628. The van der Waals surface area contributed by atoms with Crippen LogP contribution in [0.25, 0.3) is 11.0 Å². The number of hydrogen-bond acceptors (Lipinski definition) is 1. The third kappa shape index (κ3) is 1.39. The molecule has 0 aliphatic heterocycles. The fourth-order valence-electron chi connectivity index (χ4n) is 1.54. The van der Waals surface area contributed by atoms with Crippen LogP contribution in [0.1, 0.15) is 31.2 Å². The van der Waals surface area contributed by atoms with E-state index in [0.717, 1.165) is 16.9 Å². The van der Waals surface area contributed by atoms with Crippen LogP contribution in [0.3, 0.4) is 0 Å². The van der Waals surface area contributed by atoms with E-state index >= 15 is 0 Å². The van der Waals surface area contributed by atoms with Crippen molar-refractivity contribution >= 4 is 11.0 Å². The molecule has 0 spiro atoms. The lowest BCUT2D eigenvalue weighted by Crippen LogP contribution is -1.88. The number of hydrogen-bond donors (Lipinski definition) is 1. The highest BCUT2D eigenvalue weighted by molar-refractivity contribution is 5.78. The van der Waals surface area contributed by atoms with Crippen LogP contribution in [0.2, 0.25) is 0 Å². The molecule has 0 atom stereocenters. The molecule has 0 fully saturated rings. The summed E-state index contributed by atoms with van der Waals surface area (Å²) in [5.41, 5.74) is 2.56. The maximum absolute atomic E-state index is 13.1. The third-order valence-corrected chi connectivity index (χ3v) is 2.32. The van der Waals surface area contributed by atoms with Crippen LogP contribution in [0.4, 0.5) is 4.39 Å². The molecular formula is C11H13FN2. The van der Waals surface area contributed by atoms with Gasteiger partial charge in [0.2, 0.25) is 0 Å². The predicted molar refractivity (Wildman–Crippen MR) is 54.9 cm³/mol. The molecule has 0 amide bonds. The van der Waals surface area contributed by atoms with Gasteiger partial charge in [-0.1, -0.05) is 13.8 Å². The SMILES string of the molecule is Cc1cc(F)cc2nc(C(C)C)[nH]c12. The Balaban J connectivity index is 2.70. The average Bonchev–Trinajstić information content (AvgIpc) is 2.47. The highest BCUT2D eigenvalue weighted by Crippen LogP contribution is 2.20. The molecule has 1 aromatic carbocycles. The molecule has 1 aromatic heterocycles. The summed E-state index contributed by atoms with van der Waals surface area (Å²) in [5.74, 6) is 1.02. The van der Waals surface area contributed by atoms with Crippen molar-refractivity contribution in [3.05, 3.63) is 29.3 Å². The topological polar surface area (TPSA) is 28.7 Å². The second-order valence-electron chi connectivity index (χ2n) is 3.89. The largest absolute Gasteiger partial charge is 0.342 e. The first kappa shape index (κ1) is 9.19. The van der Waals surface area contributed by atoms with Crippen molar-refractivity contribution in [2.45, 2.75) is 26.7 Å². The minimum Gasteiger partial charge on any atom is -0.342 e. The van der Waals surface area contributed by atoms with Gasteiger partial charge in [-0.3, -0.25) is 0 Å². The molecule has 0 saturated carbocycles. The van der Waals surface area contributed by atoms with Gasteiger partial charge in [0.1, 0.15) is 11.6 Å². The first-order valence-electron chi connectivity index (χ1n) is 4.73. The van der Waals surface area contributed by atoms with Gasteiger partial charge < -0.3 is 4.98 Å². The molecule has 74 valence electrons. The molecule has 3 heteroatoms. The molecular weight excluding hydrogens is 179 g/mol. The number of aromatic amines is 1. The molecule has 0 bridgehead atoms. The van der Waals surface area contributed by atoms with E-state index in [1.54, 1.807) is 0 Å². The number of benzene rings is 1. The quantitative estimate of drug-likeness (QED) is 0.738. The Kier molecular flexibility index (Phi) is 2.02. The van der Waals surface area contributed by atoms with Crippen LogP contribution >= 0.6 is 0 Å². The van der Waals surface area contributed by atoms with Gasteiger partial charge in [-0.2, -0.15) is 0 Å². The molecule has 0 saturated heterocycles. The summed E-state index contributed by atoms with van der Waals surface area (Å²) in [7, 11) is 0. The van der Waals surface area contributed by atoms with Crippen molar-refractivity contribution in [3.63, 3.8) is 0 Å². The van der Waals surface area contributed by atoms with Gasteiger partial charge >= 0.3 is 0 Å². The normalized spacial score (nSPS) is 11.5. The number of aromatic nitrogens is 2. The minimum absolute atomic E-state index is 0.225. The molecule has 0 unspecified atom stereocenters. The van der Waals surface area contributed by atoms with E-state index in [-0.39, 0.29) is 5.82 Å². The van der Waals surface area contributed by atoms with E-state index in [1.165, 1.54) is 12.1 Å². The third-order valence-electron chi connectivity index (χ3n) is 2.32. The Hall–Kier alpha value is -1.38. The first-order valence-corrected chi connectivity index (χ1v) is 4.73. The van der Waals surface area contributed by atoms with Crippen molar-refractivity contribution in [1.29, 1.82) is 0 Å². The maximum atomic E-state index is 13.1. The summed E-state index contributed by atoms with van der Waals surface area (Å²) in [6, 6.07) is 2.98. The van der Waals surface area contributed by atoms with Gasteiger partial charge in [-0.15, -0.1) is 0 Å². The minimum atomic E-state index is -0.225. The molecule has 2 rings (SSSR count). The summed E-state index contributed by atoms with van der Waals surface area (Å²) in [5, 5.41) is 0. The molecule has 0 aliphatic rings. The summed E-state index contributed by atoms with van der Waals surface area (Å²) >= 11 is 0. The summed E-state index contributed by atoms with van der Waals surface area (Å²) < 4.78 is 13.1. The van der Waals surface area contributed by atoms with Crippen molar-refractivity contribution in [2.75, 3.05) is 0 Å². The smallest absolute Gasteiger partial charge is 0.125 e. The van der Waals surface area contributed by atoms with Crippen LogP contribution in [0.15, 0.2) is 12.1 Å². The average molecular weight is 192 g/mol. The van der Waals surface area contributed by atoms with Crippen molar-refractivity contribution in [2.24, 2.45) is 0 Å². The molecule has 2 nitrogen and oxygen atoms in total. The number of aryl methyl sites for hydroxylation is 1. The summed E-state index contributed by atoms with van der Waals surface area (Å²) in [6.45, 7) is 6.00. The highest BCUT2D eigenvalue weighted by Gasteiger charge is 2.08. The van der Waals surface area contributed by atoms with Gasteiger partial charge in [0, 0.05) is 12.0 Å². The van der Waals surface area contributed by atoms with Crippen LogP contribution in [0, 0.1) is 12.7 Å². The predicted octanol–water partition coefficient (Wildman–Crippen LogP) is 3.13. The number of nitrogens with zero attached hydrogens (tertiary/aromatic N) is 1. The molecule has 0 radical (unpaired) electrons. The Labute approximate surface area is 82.2 Å². The summed E-state index contributed by atoms with van der Waals surface area (Å²) in [4.78, 5) is 7.55. The number of rotatable bonds is 1. The molecule has 14 heavy (non-hydrogen) atoms. The molecule has 0 aliphatic carbocycles. The molecule has 1 heterocycles.